The summed E-state index contributed by atoms with van der Waals surface area (Å²) in [5.74, 6) is 0.343. The molecule has 0 saturated heterocycles. The summed E-state index contributed by atoms with van der Waals surface area (Å²) in [6, 6.07) is 6.97. The molecule has 0 spiro atoms. The van der Waals surface area contributed by atoms with Gasteiger partial charge in [-0.05, 0) is 49.9 Å². The number of nitrogens with two attached hydrogens (primary N) is 1. The minimum Gasteiger partial charge on any atom is -0.482 e. The minimum absolute atomic E-state index is 0.0413. The summed E-state index contributed by atoms with van der Waals surface area (Å²) in [6.45, 7) is -0.0413. The van der Waals surface area contributed by atoms with E-state index >= 15 is 0 Å². The number of nitrogen functional groups attached to an aromatic ring is 1. The largest absolute Gasteiger partial charge is 0.482 e. The molecular weight excluding hydrogens is 242 g/mol. The summed E-state index contributed by atoms with van der Waals surface area (Å²) < 4.78 is 10.8. The molecule has 2 rings (SSSR count). The van der Waals surface area contributed by atoms with Gasteiger partial charge in [0.15, 0.2) is 6.61 Å². The summed E-state index contributed by atoms with van der Waals surface area (Å²) in [6.07, 6.45) is 6.82. The number of carbonyl (C=O) groups is 1. The van der Waals surface area contributed by atoms with Crippen molar-refractivity contribution in [1.82, 2.24) is 0 Å². The van der Waals surface area contributed by atoms with Crippen LogP contribution in [0.3, 0.4) is 0 Å². The fraction of sp³-hybridized carbons (Fsp3) is 0.533. The van der Waals surface area contributed by atoms with Crippen LogP contribution >= 0.6 is 0 Å². The van der Waals surface area contributed by atoms with E-state index in [4.69, 9.17) is 15.2 Å². The number of carbonyl (C=O) groups excluding carboxylic acids is 1. The Morgan fingerprint density at radius 3 is 2.37 bits per heavy atom. The summed E-state index contributed by atoms with van der Waals surface area (Å²) in [7, 11) is 0. The van der Waals surface area contributed by atoms with Gasteiger partial charge in [0, 0.05) is 5.69 Å². The van der Waals surface area contributed by atoms with Gasteiger partial charge < -0.3 is 15.2 Å². The van der Waals surface area contributed by atoms with Crippen molar-refractivity contribution in [2.75, 3.05) is 12.3 Å². The number of benzene rings is 1. The van der Waals surface area contributed by atoms with Crippen LogP contribution < -0.4 is 10.5 Å². The van der Waals surface area contributed by atoms with Crippen molar-refractivity contribution >= 4 is 11.7 Å². The highest BCUT2D eigenvalue weighted by atomic mass is 16.6. The van der Waals surface area contributed by atoms with Gasteiger partial charge in [-0.15, -0.1) is 0 Å². The molecule has 0 amide bonds. The molecule has 1 aliphatic rings. The van der Waals surface area contributed by atoms with Crippen LogP contribution in [0.25, 0.3) is 0 Å². The van der Waals surface area contributed by atoms with E-state index < -0.39 is 0 Å². The van der Waals surface area contributed by atoms with E-state index in [9.17, 15) is 4.79 Å². The molecule has 104 valence electrons. The SMILES string of the molecule is Nc1ccc(OCC(=O)OC2CCCCCC2)cc1. The van der Waals surface area contributed by atoms with Crippen molar-refractivity contribution in [3.8, 4) is 5.75 Å². The van der Waals surface area contributed by atoms with E-state index in [1.54, 1.807) is 24.3 Å². The van der Waals surface area contributed by atoms with Crippen molar-refractivity contribution in [3.63, 3.8) is 0 Å². The molecule has 0 aliphatic heterocycles. The van der Waals surface area contributed by atoms with Crippen LogP contribution in [0.5, 0.6) is 5.75 Å². The highest BCUT2D eigenvalue weighted by molar-refractivity contribution is 5.71. The first-order valence-electron chi connectivity index (χ1n) is 6.92. The molecule has 1 saturated carbocycles. The lowest BCUT2D eigenvalue weighted by Crippen LogP contribution is -2.22. The van der Waals surface area contributed by atoms with Gasteiger partial charge in [0.2, 0.25) is 0 Å². The van der Waals surface area contributed by atoms with Crippen LogP contribution in [0.4, 0.5) is 5.69 Å². The number of hydrogen-bond acceptors (Lipinski definition) is 4. The third kappa shape index (κ3) is 4.81. The molecule has 1 fully saturated rings. The van der Waals surface area contributed by atoms with E-state index in [1.807, 2.05) is 0 Å². The zero-order chi connectivity index (χ0) is 13.5. The zero-order valence-electron chi connectivity index (χ0n) is 11.1. The second-order valence-electron chi connectivity index (χ2n) is 4.96. The van der Waals surface area contributed by atoms with Gasteiger partial charge in [-0.3, -0.25) is 0 Å². The van der Waals surface area contributed by atoms with E-state index in [1.165, 1.54) is 12.8 Å². The van der Waals surface area contributed by atoms with E-state index in [2.05, 4.69) is 0 Å². The maximum Gasteiger partial charge on any atom is 0.344 e. The Kier molecular flexibility index (Phi) is 5.07. The Labute approximate surface area is 113 Å². The summed E-state index contributed by atoms with van der Waals surface area (Å²) in [5, 5.41) is 0. The second-order valence-corrected chi connectivity index (χ2v) is 4.96. The van der Waals surface area contributed by atoms with Gasteiger partial charge in [0.05, 0.1) is 0 Å². The fourth-order valence-corrected chi connectivity index (χ4v) is 2.29. The molecule has 19 heavy (non-hydrogen) atoms. The monoisotopic (exact) mass is 263 g/mol. The van der Waals surface area contributed by atoms with Crippen molar-refractivity contribution < 1.29 is 14.3 Å². The summed E-state index contributed by atoms with van der Waals surface area (Å²) in [5.41, 5.74) is 6.25. The van der Waals surface area contributed by atoms with Gasteiger partial charge in [-0.2, -0.15) is 0 Å². The van der Waals surface area contributed by atoms with Gasteiger partial charge in [0.25, 0.3) is 0 Å². The van der Waals surface area contributed by atoms with Crippen molar-refractivity contribution in [2.24, 2.45) is 0 Å². The lowest BCUT2D eigenvalue weighted by Gasteiger charge is -2.15. The molecule has 4 nitrogen and oxygen atoms in total. The van der Waals surface area contributed by atoms with E-state index in [0.717, 1.165) is 25.7 Å². The van der Waals surface area contributed by atoms with Crippen LogP contribution in [-0.4, -0.2) is 18.7 Å². The average molecular weight is 263 g/mol. The van der Waals surface area contributed by atoms with E-state index in [-0.39, 0.29) is 18.7 Å². The van der Waals surface area contributed by atoms with Gasteiger partial charge in [-0.1, -0.05) is 12.8 Å². The summed E-state index contributed by atoms with van der Waals surface area (Å²) in [4.78, 5) is 11.7. The molecule has 0 atom stereocenters. The minimum atomic E-state index is -0.288. The molecule has 0 radical (unpaired) electrons. The third-order valence-electron chi connectivity index (χ3n) is 3.34. The Morgan fingerprint density at radius 2 is 1.74 bits per heavy atom. The first kappa shape index (κ1) is 13.7. The average Bonchev–Trinajstić information content (AvgIpc) is 2.67. The molecule has 1 aliphatic carbocycles. The zero-order valence-corrected chi connectivity index (χ0v) is 11.1. The van der Waals surface area contributed by atoms with Gasteiger partial charge in [0.1, 0.15) is 11.9 Å². The Hall–Kier alpha value is -1.71. The molecule has 0 heterocycles. The van der Waals surface area contributed by atoms with E-state index in [0.29, 0.717) is 11.4 Å². The summed E-state index contributed by atoms with van der Waals surface area (Å²) >= 11 is 0. The molecule has 0 bridgehead atoms. The van der Waals surface area contributed by atoms with Crippen molar-refractivity contribution in [2.45, 2.75) is 44.6 Å². The number of rotatable bonds is 4. The van der Waals surface area contributed by atoms with Crippen molar-refractivity contribution in [3.05, 3.63) is 24.3 Å². The van der Waals surface area contributed by atoms with Gasteiger partial charge in [-0.25, -0.2) is 4.79 Å². The molecule has 4 heteroatoms. The van der Waals surface area contributed by atoms with Gasteiger partial charge >= 0.3 is 5.97 Å². The number of hydrogen-bond donors (Lipinski definition) is 1. The van der Waals surface area contributed by atoms with Crippen molar-refractivity contribution in [1.29, 1.82) is 0 Å². The molecule has 2 N–H and O–H groups in total. The van der Waals surface area contributed by atoms with Crippen LogP contribution in [0.1, 0.15) is 38.5 Å². The Bertz CT molecular complexity index is 394. The number of esters is 1. The first-order chi connectivity index (χ1) is 9.24. The van der Waals surface area contributed by atoms with Crippen LogP contribution in [0.2, 0.25) is 0 Å². The number of anilines is 1. The molecule has 0 unspecified atom stereocenters. The predicted octanol–water partition coefficient (Wildman–Crippen LogP) is 2.91. The topological polar surface area (TPSA) is 61.5 Å². The molecular formula is C15H21NO3. The Morgan fingerprint density at radius 1 is 1.11 bits per heavy atom. The Balaban J connectivity index is 1.73. The maximum absolute atomic E-state index is 11.7. The number of ether oxygens (including phenoxy) is 2. The third-order valence-corrected chi connectivity index (χ3v) is 3.34. The fourth-order valence-electron chi connectivity index (χ4n) is 2.29. The smallest absolute Gasteiger partial charge is 0.344 e. The second kappa shape index (κ2) is 7.02. The highest BCUT2D eigenvalue weighted by Crippen LogP contribution is 2.20. The van der Waals surface area contributed by atoms with Crippen LogP contribution in [-0.2, 0) is 9.53 Å². The lowest BCUT2D eigenvalue weighted by molar-refractivity contribution is -0.152. The molecule has 1 aromatic rings. The first-order valence-corrected chi connectivity index (χ1v) is 6.92. The standard InChI is InChI=1S/C15H21NO3/c16-12-7-9-13(10-8-12)18-11-15(17)19-14-5-3-1-2-4-6-14/h7-10,14H,1-6,11,16H2. The lowest BCUT2D eigenvalue weighted by atomic mass is 10.1. The maximum atomic E-state index is 11.7. The molecule has 1 aromatic carbocycles. The normalized spacial score (nSPS) is 16.6. The molecule has 0 aromatic heterocycles. The predicted molar refractivity (Wildman–Crippen MR) is 73.9 cm³/mol. The quantitative estimate of drug-likeness (QED) is 0.515. The van der Waals surface area contributed by atoms with Crippen LogP contribution in [0, 0.1) is 0 Å². The highest BCUT2D eigenvalue weighted by Gasteiger charge is 2.16. The van der Waals surface area contributed by atoms with Crippen LogP contribution in [0.15, 0.2) is 24.3 Å².